The third-order valence-corrected chi connectivity index (χ3v) is 5.08. The van der Waals surface area contributed by atoms with Crippen molar-refractivity contribution in [3.05, 3.63) is 31.2 Å². The number of nitrogens with zero attached hydrogens (tertiary/aromatic N) is 2. The molecule has 0 bridgehead atoms. The molecule has 2 aromatic heterocycles. The number of thiophene rings is 1. The van der Waals surface area contributed by atoms with Crippen LogP contribution in [0.4, 0.5) is 0 Å². The minimum Gasteiger partial charge on any atom is -0.231 e. The zero-order chi connectivity index (χ0) is 11.0. The molecule has 0 fully saturated rings. The smallest absolute Gasteiger partial charge is 0.172 e. The fourth-order valence-corrected chi connectivity index (χ4v) is 2.96. The van der Waals surface area contributed by atoms with E-state index in [0.717, 1.165) is 19.5 Å². The van der Waals surface area contributed by atoms with Crippen molar-refractivity contribution in [3.8, 4) is 10.7 Å². The van der Waals surface area contributed by atoms with E-state index in [1.807, 2.05) is 18.4 Å². The van der Waals surface area contributed by atoms with E-state index in [4.69, 9.17) is 11.6 Å². The highest BCUT2D eigenvalue weighted by molar-refractivity contribution is 9.11. The third kappa shape index (κ3) is 2.25. The molecule has 0 aliphatic heterocycles. The van der Waals surface area contributed by atoms with Crippen LogP contribution in [0.5, 0.6) is 0 Å². The van der Waals surface area contributed by atoms with Gasteiger partial charge in [0.15, 0.2) is 5.82 Å². The fourth-order valence-electron chi connectivity index (χ4n) is 1.08. The minimum atomic E-state index is 0.442. The van der Waals surface area contributed by atoms with Crippen LogP contribution in [0.1, 0.15) is 5.69 Å². The highest BCUT2D eigenvalue weighted by Crippen LogP contribution is 2.33. The molecule has 0 radical (unpaired) electrons. The van der Waals surface area contributed by atoms with Gasteiger partial charge < -0.3 is 0 Å². The molecule has 0 saturated heterocycles. The Bertz CT molecular complexity index is 490. The zero-order valence-corrected chi connectivity index (χ0v) is 12.3. The van der Waals surface area contributed by atoms with E-state index >= 15 is 0 Å². The number of halogens is 3. The maximum Gasteiger partial charge on any atom is 0.172 e. The van der Waals surface area contributed by atoms with E-state index in [1.165, 1.54) is 0 Å². The van der Waals surface area contributed by atoms with Crippen molar-refractivity contribution >= 4 is 54.8 Å². The Hall–Kier alpha value is 0.0300. The lowest BCUT2D eigenvalue weighted by atomic mass is 10.4. The maximum atomic E-state index is 5.98. The topological polar surface area (TPSA) is 25.8 Å². The van der Waals surface area contributed by atoms with Crippen LogP contribution >= 0.6 is 54.8 Å². The van der Waals surface area contributed by atoms with Crippen LogP contribution in [0.15, 0.2) is 20.4 Å². The first-order valence-corrected chi connectivity index (χ1v) is 6.87. The SMILES string of the molecule is Cc1nc(-c2sccc2Br)nc(Cl)c1Br. The highest BCUT2D eigenvalue weighted by atomic mass is 79.9. The van der Waals surface area contributed by atoms with E-state index in [9.17, 15) is 0 Å². The van der Waals surface area contributed by atoms with Gasteiger partial charge in [0.05, 0.1) is 15.0 Å². The van der Waals surface area contributed by atoms with Gasteiger partial charge in [-0.3, -0.25) is 0 Å². The van der Waals surface area contributed by atoms with Gasteiger partial charge in [-0.1, -0.05) is 11.6 Å². The lowest BCUT2D eigenvalue weighted by molar-refractivity contribution is 1.10. The molecule has 6 heteroatoms. The summed E-state index contributed by atoms with van der Waals surface area (Å²) >= 11 is 14.3. The van der Waals surface area contributed by atoms with Crippen LogP contribution in [-0.4, -0.2) is 9.97 Å². The van der Waals surface area contributed by atoms with Crippen molar-refractivity contribution < 1.29 is 0 Å². The van der Waals surface area contributed by atoms with Gasteiger partial charge in [-0.15, -0.1) is 11.3 Å². The van der Waals surface area contributed by atoms with Crippen LogP contribution in [-0.2, 0) is 0 Å². The number of aryl methyl sites for hydroxylation is 1. The van der Waals surface area contributed by atoms with Gasteiger partial charge in [0.1, 0.15) is 5.15 Å². The summed E-state index contributed by atoms with van der Waals surface area (Å²) in [6.07, 6.45) is 0. The molecular formula is C9H5Br2ClN2S. The summed E-state index contributed by atoms with van der Waals surface area (Å²) in [5.74, 6) is 0.655. The number of hydrogen-bond donors (Lipinski definition) is 0. The summed E-state index contributed by atoms with van der Waals surface area (Å²) in [7, 11) is 0. The molecule has 78 valence electrons. The predicted octanol–water partition coefficient (Wildman–Crippen LogP) is 4.69. The molecule has 0 N–H and O–H groups in total. The molecule has 0 amide bonds. The van der Waals surface area contributed by atoms with E-state index in [-0.39, 0.29) is 0 Å². The summed E-state index contributed by atoms with van der Waals surface area (Å²) in [5.41, 5.74) is 0.838. The molecule has 2 aromatic rings. The Kier molecular flexibility index (Phi) is 3.45. The van der Waals surface area contributed by atoms with E-state index in [2.05, 4.69) is 41.8 Å². The van der Waals surface area contributed by atoms with Crippen LogP contribution < -0.4 is 0 Å². The lowest BCUT2D eigenvalue weighted by Crippen LogP contribution is -1.93. The average molecular weight is 368 g/mol. The van der Waals surface area contributed by atoms with Crippen LogP contribution in [0, 0.1) is 6.92 Å². The number of aromatic nitrogens is 2. The second kappa shape index (κ2) is 4.49. The predicted molar refractivity (Wildman–Crippen MR) is 70.5 cm³/mol. The fraction of sp³-hybridized carbons (Fsp3) is 0.111. The van der Waals surface area contributed by atoms with Gasteiger partial charge in [0.25, 0.3) is 0 Å². The molecule has 15 heavy (non-hydrogen) atoms. The minimum absolute atomic E-state index is 0.442. The lowest BCUT2D eigenvalue weighted by Gasteiger charge is -2.03. The number of hydrogen-bond acceptors (Lipinski definition) is 3. The first-order chi connectivity index (χ1) is 7.09. The van der Waals surface area contributed by atoms with Gasteiger partial charge in [-0.05, 0) is 50.2 Å². The normalized spacial score (nSPS) is 10.7. The Balaban J connectivity index is 2.60. The highest BCUT2D eigenvalue weighted by Gasteiger charge is 2.12. The van der Waals surface area contributed by atoms with Crippen LogP contribution in [0.2, 0.25) is 5.15 Å². The molecule has 0 aromatic carbocycles. The van der Waals surface area contributed by atoms with Crippen molar-refractivity contribution in [2.45, 2.75) is 6.92 Å². The van der Waals surface area contributed by atoms with E-state index in [0.29, 0.717) is 11.0 Å². The Morgan fingerprint density at radius 3 is 2.60 bits per heavy atom. The summed E-state index contributed by atoms with van der Waals surface area (Å²) < 4.78 is 1.74. The molecule has 0 aliphatic carbocycles. The van der Waals surface area contributed by atoms with Crippen molar-refractivity contribution in [2.75, 3.05) is 0 Å². The van der Waals surface area contributed by atoms with Crippen LogP contribution in [0.3, 0.4) is 0 Å². The Morgan fingerprint density at radius 1 is 1.33 bits per heavy atom. The Labute approximate surface area is 113 Å². The first-order valence-electron chi connectivity index (χ1n) is 4.02. The molecule has 0 atom stereocenters. The molecule has 0 spiro atoms. The van der Waals surface area contributed by atoms with Crippen LogP contribution in [0.25, 0.3) is 10.7 Å². The van der Waals surface area contributed by atoms with Crippen molar-refractivity contribution in [1.82, 2.24) is 9.97 Å². The van der Waals surface area contributed by atoms with Gasteiger partial charge >= 0.3 is 0 Å². The van der Waals surface area contributed by atoms with Gasteiger partial charge in [-0.25, -0.2) is 9.97 Å². The molecule has 0 saturated carbocycles. The van der Waals surface area contributed by atoms with Gasteiger partial charge in [-0.2, -0.15) is 0 Å². The van der Waals surface area contributed by atoms with E-state index < -0.39 is 0 Å². The van der Waals surface area contributed by atoms with E-state index in [1.54, 1.807) is 11.3 Å². The average Bonchev–Trinajstić information content (AvgIpc) is 2.60. The molecule has 0 aliphatic rings. The molecule has 2 heterocycles. The molecular weight excluding hydrogens is 363 g/mol. The monoisotopic (exact) mass is 366 g/mol. The van der Waals surface area contributed by atoms with Gasteiger partial charge in [0.2, 0.25) is 0 Å². The standard InChI is InChI=1S/C9H5Br2ClN2S/c1-4-6(11)8(12)14-9(13-4)7-5(10)2-3-15-7/h2-3H,1H3. The second-order valence-electron chi connectivity index (χ2n) is 2.84. The summed E-state index contributed by atoms with van der Waals surface area (Å²) in [5, 5.41) is 2.42. The van der Waals surface area contributed by atoms with Crippen molar-refractivity contribution in [1.29, 1.82) is 0 Å². The van der Waals surface area contributed by atoms with Gasteiger partial charge in [0, 0.05) is 4.47 Å². The molecule has 2 rings (SSSR count). The quantitative estimate of drug-likeness (QED) is 0.683. The molecule has 0 unspecified atom stereocenters. The first kappa shape index (κ1) is 11.5. The Morgan fingerprint density at radius 2 is 2.07 bits per heavy atom. The van der Waals surface area contributed by atoms with Crippen molar-refractivity contribution in [3.63, 3.8) is 0 Å². The molecule has 2 nitrogen and oxygen atoms in total. The largest absolute Gasteiger partial charge is 0.231 e. The summed E-state index contributed by atoms with van der Waals surface area (Å²) in [4.78, 5) is 9.59. The summed E-state index contributed by atoms with van der Waals surface area (Å²) in [6.45, 7) is 1.89. The third-order valence-electron chi connectivity index (χ3n) is 1.80. The maximum absolute atomic E-state index is 5.98. The number of rotatable bonds is 1. The summed E-state index contributed by atoms with van der Waals surface area (Å²) in [6, 6.07) is 1.97. The zero-order valence-electron chi connectivity index (χ0n) is 7.59. The second-order valence-corrected chi connectivity index (χ2v) is 5.76. The van der Waals surface area contributed by atoms with Crippen molar-refractivity contribution in [2.24, 2.45) is 0 Å².